The molecule has 0 amide bonds. The summed E-state index contributed by atoms with van der Waals surface area (Å²) in [5.74, 6) is -3.47. The zero-order valence-corrected chi connectivity index (χ0v) is 35.4. The van der Waals surface area contributed by atoms with E-state index >= 15 is 0 Å². The van der Waals surface area contributed by atoms with Crippen molar-refractivity contribution >= 4 is 5.97 Å². The molecular formula is C42H71NO13. The van der Waals surface area contributed by atoms with Gasteiger partial charge in [-0.25, -0.2) is 0 Å². The summed E-state index contributed by atoms with van der Waals surface area (Å²) in [4.78, 5) is 16.5. The maximum atomic E-state index is 14.4. The van der Waals surface area contributed by atoms with E-state index < -0.39 is 102 Å². The third-order valence-electron chi connectivity index (χ3n) is 12.9. The molecule has 3 saturated heterocycles. The molecule has 3 aliphatic rings. The van der Waals surface area contributed by atoms with Crippen molar-refractivity contribution < 1.29 is 63.9 Å². The van der Waals surface area contributed by atoms with Crippen molar-refractivity contribution in [1.29, 1.82) is 0 Å². The first-order valence-electron chi connectivity index (χ1n) is 20.3. The first-order valence-corrected chi connectivity index (χ1v) is 20.3. The number of aliphatic hydroxyl groups is 6. The van der Waals surface area contributed by atoms with Gasteiger partial charge in [-0.1, -0.05) is 44.2 Å². The van der Waals surface area contributed by atoms with Crippen molar-refractivity contribution in [1.82, 2.24) is 4.90 Å². The number of rotatable bonds is 8. The number of esters is 1. The van der Waals surface area contributed by atoms with Crippen LogP contribution in [0.25, 0.3) is 0 Å². The predicted octanol–water partition coefficient (Wildman–Crippen LogP) is 3.07. The van der Waals surface area contributed by atoms with Gasteiger partial charge in [-0.05, 0) is 86.8 Å². The number of ether oxygens (including phenoxy) is 6. The van der Waals surface area contributed by atoms with Crippen molar-refractivity contribution in [2.75, 3.05) is 14.2 Å². The van der Waals surface area contributed by atoms with Crippen LogP contribution in [-0.2, 0) is 33.2 Å². The van der Waals surface area contributed by atoms with Crippen LogP contribution < -0.4 is 0 Å². The molecular weight excluding hydrogens is 726 g/mol. The number of carbonyl (C=O) groups is 1. The average molecular weight is 798 g/mol. The molecule has 14 nitrogen and oxygen atoms in total. The number of aliphatic hydroxyl groups excluding tert-OH is 4. The van der Waals surface area contributed by atoms with Gasteiger partial charge in [0.25, 0.3) is 0 Å². The van der Waals surface area contributed by atoms with Crippen LogP contribution in [0.15, 0.2) is 30.3 Å². The third-order valence-corrected chi connectivity index (χ3v) is 12.9. The summed E-state index contributed by atoms with van der Waals surface area (Å²) in [7, 11) is 3.42. The fourth-order valence-corrected chi connectivity index (χ4v) is 8.75. The number of methoxy groups -OCH3 is 1. The van der Waals surface area contributed by atoms with Gasteiger partial charge < -0.3 is 59.1 Å². The Bertz CT molecular complexity index is 1400. The summed E-state index contributed by atoms with van der Waals surface area (Å²) in [6.07, 6.45) is -11.3. The molecule has 3 heterocycles. The Morgan fingerprint density at radius 3 is 2.07 bits per heavy atom. The number of likely N-dealkylation sites (N-methyl/N-ethyl adjacent to an activating group) is 1. The molecule has 3 aliphatic heterocycles. The zero-order chi connectivity index (χ0) is 42.1. The largest absolute Gasteiger partial charge is 0.454 e. The highest BCUT2D eigenvalue weighted by atomic mass is 16.7. The smallest absolute Gasteiger partial charge is 0.312 e. The summed E-state index contributed by atoms with van der Waals surface area (Å²) in [6.45, 7) is 17.3. The van der Waals surface area contributed by atoms with Crippen LogP contribution >= 0.6 is 0 Å². The molecule has 0 spiro atoms. The molecule has 0 bridgehead atoms. The fourth-order valence-electron chi connectivity index (χ4n) is 8.75. The van der Waals surface area contributed by atoms with Crippen LogP contribution in [0.2, 0.25) is 0 Å². The molecule has 0 saturated carbocycles. The number of hydrogen-bond donors (Lipinski definition) is 6. The van der Waals surface area contributed by atoms with Crippen molar-refractivity contribution in [3.05, 3.63) is 35.9 Å². The van der Waals surface area contributed by atoms with E-state index in [0.717, 1.165) is 0 Å². The Balaban J connectivity index is 1.83. The van der Waals surface area contributed by atoms with Gasteiger partial charge in [-0.15, -0.1) is 0 Å². The lowest BCUT2D eigenvalue weighted by atomic mass is 9.74. The Hall–Kier alpha value is -1.79. The monoisotopic (exact) mass is 797 g/mol. The van der Waals surface area contributed by atoms with Crippen molar-refractivity contribution in [2.45, 2.75) is 191 Å². The minimum Gasteiger partial charge on any atom is -0.454 e. The molecule has 0 radical (unpaired) electrons. The van der Waals surface area contributed by atoms with Gasteiger partial charge in [0, 0.05) is 38.0 Å². The summed E-state index contributed by atoms with van der Waals surface area (Å²) in [5.41, 5.74) is -4.45. The second-order valence-electron chi connectivity index (χ2n) is 17.9. The van der Waals surface area contributed by atoms with E-state index in [1.165, 1.54) is 14.0 Å². The van der Waals surface area contributed by atoms with E-state index in [9.17, 15) is 35.4 Å². The molecule has 0 aliphatic carbocycles. The van der Waals surface area contributed by atoms with E-state index in [1.54, 1.807) is 71.9 Å². The van der Waals surface area contributed by atoms with E-state index in [2.05, 4.69) is 4.90 Å². The molecule has 1 aromatic rings. The van der Waals surface area contributed by atoms with Crippen LogP contribution in [0.5, 0.6) is 0 Å². The van der Waals surface area contributed by atoms with Gasteiger partial charge in [0.05, 0.1) is 53.7 Å². The SMILES string of the molecule is CO[C@]1(C)C[C@H](O[C@H]2C[C@@H](O[C@@H]3O[C@H](C)C[C@H](N(C)C(C)C)[C@H]3O)[C@](C)(O)C[C@@H](C)[C@H](O)[C@H](C)[C@@H](O)[C@](C)(O)[C@@H](c3ccccc3)OC(=O)[C@@H]2C)O[C@@H](C)[C@@H]1O. The van der Waals surface area contributed by atoms with Crippen molar-refractivity contribution in [3.63, 3.8) is 0 Å². The zero-order valence-electron chi connectivity index (χ0n) is 35.4. The van der Waals surface area contributed by atoms with Gasteiger partial charge in [-0.3, -0.25) is 9.69 Å². The average Bonchev–Trinajstić information content (AvgIpc) is 3.14. The Kier molecular flexibility index (Phi) is 15.6. The fraction of sp³-hybridized carbons (Fsp3) is 0.833. The highest BCUT2D eigenvalue weighted by Crippen LogP contribution is 2.42. The van der Waals surface area contributed by atoms with Gasteiger partial charge in [0.15, 0.2) is 18.7 Å². The number of cyclic esters (lactones) is 1. The third kappa shape index (κ3) is 10.3. The van der Waals surface area contributed by atoms with Gasteiger partial charge in [-0.2, -0.15) is 0 Å². The second-order valence-corrected chi connectivity index (χ2v) is 17.9. The summed E-state index contributed by atoms with van der Waals surface area (Å²) >= 11 is 0. The first-order chi connectivity index (χ1) is 25.9. The lowest BCUT2D eigenvalue weighted by Crippen LogP contribution is -2.59. The molecule has 1 aromatic carbocycles. The molecule has 4 rings (SSSR count). The van der Waals surface area contributed by atoms with Crippen LogP contribution in [0.1, 0.15) is 107 Å². The van der Waals surface area contributed by atoms with Gasteiger partial charge in [0.2, 0.25) is 0 Å². The number of benzene rings is 1. The van der Waals surface area contributed by atoms with E-state index in [-0.39, 0.29) is 37.5 Å². The Labute approximate surface area is 333 Å². The van der Waals surface area contributed by atoms with Crippen LogP contribution in [0, 0.1) is 17.8 Å². The molecule has 0 unspecified atom stereocenters. The van der Waals surface area contributed by atoms with Crippen LogP contribution in [0.4, 0.5) is 0 Å². The lowest BCUT2D eigenvalue weighted by Gasteiger charge is -2.48. The van der Waals surface area contributed by atoms with Crippen LogP contribution in [-0.4, -0.2) is 146 Å². The minimum atomic E-state index is -2.07. The quantitative estimate of drug-likeness (QED) is 0.210. The molecule has 6 N–H and O–H groups in total. The Morgan fingerprint density at radius 2 is 1.48 bits per heavy atom. The molecule has 56 heavy (non-hydrogen) atoms. The lowest BCUT2D eigenvalue weighted by molar-refractivity contribution is -0.309. The first kappa shape index (κ1) is 46.9. The molecule has 14 heteroatoms. The number of hydrogen-bond acceptors (Lipinski definition) is 14. The number of carbonyl (C=O) groups excluding carboxylic acids is 1. The van der Waals surface area contributed by atoms with Gasteiger partial charge in [0.1, 0.15) is 17.8 Å². The summed E-state index contributed by atoms with van der Waals surface area (Å²) in [5, 5.41) is 70.6. The highest BCUT2D eigenvalue weighted by Gasteiger charge is 2.52. The van der Waals surface area contributed by atoms with E-state index in [0.29, 0.717) is 12.0 Å². The summed E-state index contributed by atoms with van der Waals surface area (Å²) < 4.78 is 37.5. The summed E-state index contributed by atoms with van der Waals surface area (Å²) in [6, 6.07) is 8.38. The van der Waals surface area contributed by atoms with Crippen LogP contribution in [0.3, 0.4) is 0 Å². The van der Waals surface area contributed by atoms with Crippen molar-refractivity contribution in [2.24, 2.45) is 17.8 Å². The van der Waals surface area contributed by atoms with Gasteiger partial charge >= 0.3 is 5.97 Å². The molecule has 18 atom stereocenters. The predicted molar refractivity (Wildman–Crippen MR) is 207 cm³/mol. The van der Waals surface area contributed by atoms with E-state index in [4.69, 9.17) is 28.4 Å². The molecule has 0 aromatic heterocycles. The topological polar surface area (TPSA) is 197 Å². The second kappa shape index (κ2) is 18.6. The molecule has 3 fully saturated rings. The normalized spacial score (nSPS) is 46.4. The standard InChI is InChI=1S/C42H71NO13/c1-22(2)43(11)29-18-24(4)52-39(34(29)45)55-31-19-30(54-32-21-41(9,51-12)36(47)27(7)53-32)25(5)38(48)56-37(28-16-14-13-15-17-28)42(10,50)35(46)26(6)33(44)23(3)20-40(31,8)49/h13-17,22-27,29-37,39,44-47,49-50H,18-21H2,1-12H3/t23-,24-,25-,26+,27+,29+,30+,31-,32+,33+,34-,35-,36+,37-,39+,40-,41-,42+/m1/s1. The Morgan fingerprint density at radius 1 is 0.857 bits per heavy atom. The maximum absolute atomic E-state index is 14.4. The van der Waals surface area contributed by atoms with Crippen molar-refractivity contribution in [3.8, 4) is 0 Å². The minimum absolute atomic E-state index is 0.0513. The maximum Gasteiger partial charge on any atom is 0.312 e. The number of nitrogens with zero attached hydrogens (tertiary/aromatic N) is 1. The molecule has 322 valence electrons. The highest BCUT2D eigenvalue weighted by molar-refractivity contribution is 5.73. The van der Waals surface area contributed by atoms with E-state index in [1.807, 2.05) is 27.8 Å².